The standard InChI is InChI=1S/C22H26N4O2S/c27-20(28)10-14-1-2-15-8-17(7-14)13-26(11-15)12-16-3-4-19-18(9-16)25-21-22(29-19)24-6-5-23-21/h3-6,9,14-15,17H,1-2,7-8,10-13H2,(H,23,25)(H,27,28). The number of hydrogen-bond acceptors (Lipinski definition) is 6. The third-order valence-electron chi connectivity index (χ3n) is 6.39. The third kappa shape index (κ3) is 4.26. The molecular formula is C22H26N4O2S. The molecule has 1 aromatic heterocycles. The summed E-state index contributed by atoms with van der Waals surface area (Å²) in [6.45, 7) is 3.16. The molecule has 3 aliphatic rings. The van der Waals surface area contributed by atoms with Gasteiger partial charge in [-0.1, -0.05) is 17.8 Å². The van der Waals surface area contributed by atoms with E-state index < -0.39 is 5.97 Å². The van der Waals surface area contributed by atoms with Crippen molar-refractivity contribution in [2.24, 2.45) is 17.8 Å². The fourth-order valence-corrected chi connectivity index (χ4v) is 6.14. The van der Waals surface area contributed by atoms with E-state index in [0.29, 0.717) is 24.2 Å². The number of benzene rings is 1. The van der Waals surface area contributed by atoms with Crippen molar-refractivity contribution in [3.8, 4) is 0 Å². The van der Waals surface area contributed by atoms with Gasteiger partial charge in [-0.2, -0.15) is 0 Å². The first-order valence-electron chi connectivity index (χ1n) is 10.5. The first-order valence-corrected chi connectivity index (χ1v) is 11.3. The monoisotopic (exact) mass is 410 g/mol. The van der Waals surface area contributed by atoms with Gasteiger partial charge in [-0.3, -0.25) is 9.69 Å². The topological polar surface area (TPSA) is 78.4 Å². The van der Waals surface area contributed by atoms with Gasteiger partial charge >= 0.3 is 5.97 Å². The van der Waals surface area contributed by atoms with Gasteiger partial charge in [-0.25, -0.2) is 9.97 Å². The molecule has 1 saturated heterocycles. The van der Waals surface area contributed by atoms with Crippen molar-refractivity contribution in [2.45, 2.75) is 48.6 Å². The number of fused-ring (bicyclic) bond motifs is 4. The molecule has 3 unspecified atom stereocenters. The maximum absolute atomic E-state index is 11.1. The lowest BCUT2D eigenvalue weighted by molar-refractivity contribution is -0.138. The predicted molar refractivity (Wildman–Crippen MR) is 112 cm³/mol. The van der Waals surface area contributed by atoms with Crippen LogP contribution in [0.5, 0.6) is 0 Å². The molecule has 0 radical (unpaired) electrons. The number of hydrogen-bond donors (Lipinski definition) is 2. The second kappa shape index (κ2) is 7.95. The van der Waals surface area contributed by atoms with Crippen molar-refractivity contribution in [1.29, 1.82) is 0 Å². The smallest absolute Gasteiger partial charge is 0.303 e. The van der Waals surface area contributed by atoms with Crippen molar-refractivity contribution in [1.82, 2.24) is 14.9 Å². The number of nitrogens with one attached hydrogen (secondary N) is 1. The van der Waals surface area contributed by atoms with Crippen molar-refractivity contribution in [3.05, 3.63) is 36.2 Å². The van der Waals surface area contributed by atoms with Gasteiger partial charge in [0.15, 0.2) is 5.82 Å². The quantitative estimate of drug-likeness (QED) is 0.660. The van der Waals surface area contributed by atoms with Gasteiger partial charge in [0.25, 0.3) is 0 Å². The van der Waals surface area contributed by atoms with Crippen LogP contribution in [0.25, 0.3) is 0 Å². The Morgan fingerprint density at radius 2 is 2.03 bits per heavy atom. The maximum atomic E-state index is 11.1. The van der Waals surface area contributed by atoms with E-state index in [0.717, 1.165) is 49.0 Å². The van der Waals surface area contributed by atoms with Gasteiger partial charge in [-0.15, -0.1) is 0 Å². The van der Waals surface area contributed by atoms with E-state index in [2.05, 4.69) is 38.4 Å². The van der Waals surface area contributed by atoms with Crippen molar-refractivity contribution < 1.29 is 9.90 Å². The molecule has 7 heteroatoms. The van der Waals surface area contributed by atoms with Crippen molar-refractivity contribution in [2.75, 3.05) is 18.4 Å². The molecule has 6 nitrogen and oxygen atoms in total. The van der Waals surface area contributed by atoms with Gasteiger partial charge in [-0.05, 0) is 61.1 Å². The number of nitrogens with zero attached hydrogens (tertiary/aromatic N) is 3. The summed E-state index contributed by atoms with van der Waals surface area (Å²) in [5.74, 6) is 1.88. The highest BCUT2D eigenvalue weighted by Crippen LogP contribution is 2.42. The normalized spacial score (nSPS) is 26.0. The van der Waals surface area contributed by atoms with Gasteiger partial charge in [0.05, 0.1) is 5.69 Å². The van der Waals surface area contributed by atoms with E-state index in [1.807, 2.05) is 0 Å². The van der Waals surface area contributed by atoms with Gasteiger partial charge in [0.2, 0.25) is 0 Å². The van der Waals surface area contributed by atoms with Gasteiger partial charge in [0.1, 0.15) is 5.03 Å². The molecule has 29 heavy (non-hydrogen) atoms. The molecule has 2 bridgehead atoms. The number of aliphatic carboxylic acids is 1. The van der Waals surface area contributed by atoms with Crippen LogP contribution in [0.2, 0.25) is 0 Å². The lowest BCUT2D eigenvalue weighted by Gasteiger charge is -2.36. The molecule has 1 aromatic carbocycles. The molecule has 3 atom stereocenters. The van der Waals surface area contributed by atoms with Crippen LogP contribution in [0.3, 0.4) is 0 Å². The number of carboxylic acid groups (broad SMARTS) is 1. The minimum absolute atomic E-state index is 0.335. The molecule has 152 valence electrons. The van der Waals surface area contributed by atoms with Crippen LogP contribution in [-0.2, 0) is 11.3 Å². The molecule has 0 spiro atoms. The molecule has 1 aliphatic carbocycles. The summed E-state index contributed by atoms with van der Waals surface area (Å²) in [7, 11) is 0. The number of anilines is 2. The van der Waals surface area contributed by atoms with Crippen LogP contribution in [0.4, 0.5) is 11.5 Å². The Kier molecular flexibility index (Phi) is 5.18. The third-order valence-corrected chi connectivity index (χ3v) is 7.46. The summed E-state index contributed by atoms with van der Waals surface area (Å²) in [5.41, 5.74) is 2.42. The molecular weight excluding hydrogens is 384 g/mol. The molecule has 2 aromatic rings. The lowest BCUT2D eigenvalue weighted by atomic mass is 9.86. The summed E-state index contributed by atoms with van der Waals surface area (Å²) >= 11 is 1.66. The predicted octanol–water partition coefficient (Wildman–Crippen LogP) is 4.40. The molecule has 5 rings (SSSR count). The SMILES string of the molecule is O=C(O)CC1CCC2CC(C1)CN(Cc1ccc3c(c1)Nc1nccnc1S3)C2. The van der Waals surface area contributed by atoms with E-state index in [1.54, 1.807) is 24.2 Å². The Labute approximate surface area is 175 Å². The Balaban J connectivity index is 1.26. The summed E-state index contributed by atoms with van der Waals surface area (Å²) in [6.07, 6.45) is 8.35. The minimum atomic E-state index is -0.644. The second-order valence-electron chi connectivity index (χ2n) is 8.71. The van der Waals surface area contributed by atoms with Crippen LogP contribution in [0.1, 0.15) is 37.7 Å². The average molecular weight is 411 g/mol. The molecule has 2 fully saturated rings. The first-order chi connectivity index (χ1) is 14.1. The average Bonchev–Trinajstić information content (AvgIpc) is 2.83. The Hall–Kier alpha value is -2.12. The van der Waals surface area contributed by atoms with E-state index >= 15 is 0 Å². The molecule has 1 saturated carbocycles. The summed E-state index contributed by atoms with van der Waals surface area (Å²) < 4.78 is 0. The number of piperidine rings is 1. The van der Waals surface area contributed by atoms with Crippen LogP contribution >= 0.6 is 11.8 Å². The number of carbonyl (C=O) groups is 1. The van der Waals surface area contributed by atoms with E-state index in [4.69, 9.17) is 0 Å². The van der Waals surface area contributed by atoms with Crippen LogP contribution in [-0.4, -0.2) is 39.0 Å². The highest BCUT2D eigenvalue weighted by molar-refractivity contribution is 7.99. The van der Waals surface area contributed by atoms with Crippen molar-refractivity contribution >= 4 is 29.2 Å². The zero-order valence-corrected chi connectivity index (χ0v) is 17.2. The largest absolute Gasteiger partial charge is 0.481 e. The van der Waals surface area contributed by atoms with Crippen LogP contribution in [0.15, 0.2) is 40.5 Å². The fraction of sp³-hybridized carbons (Fsp3) is 0.500. The van der Waals surface area contributed by atoms with Gasteiger partial charge in [0, 0.05) is 43.3 Å². The summed E-state index contributed by atoms with van der Waals surface area (Å²) in [4.78, 5) is 23.7. The Morgan fingerprint density at radius 1 is 1.17 bits per heavy atom. The zero-order valence-electron chi connectivity index (χ0n) is 16.4. The molecule has 3 heterocycles. The fourth-order valence-electron chi connectivity index (χ4n) is 5.27. The van der Waals surface area contributed by atoms with Crippen LogP contribution in [0, 0.1) is 17.8 Å². The summed E-state index contributed by atoms with van der Waals surface area (Å²) in [5, 5.41) is 13.5. The Morgan fingerprint density at radius 3 is 2.93 bits per heavy atom. The summed E-state index contributed by atoms with van der Waals surface area (Å²) in [6, 6.07) is 6.64. The molecule has 2 N–H and O–H groups in total. The van der Waals surface area contributed by atoms with Crippen molar-refractivity contribution in [3.63, 3.8) is 0 Å². The second-order valence-corrected chi connectivity index (χ2v) is 9.74. The zero-order chi connectivity index (χ0) is 19.8. The number of rotatable bonds is 4. The minimum Gasteiger partial charge on any atom is -0.481 e. The lowest BCUT2D eigenvalue weighted by Crippen LogP contribution is -2.39. The number of aromatic nitrogens is 2. The van der Waals surface area contributed by atoms with E-state index in [1.165, 1.54) is 23.3 Å². The Bertz CT molecular complexity index is 921. The molecule has 2 aliphatic heterocycles. The van der Waals surface area contributed by atoms with E-state index in [-0.39, 0.29) is 0 Å². The van der Waals surface area contributed by atoms with E-state index in [9.17, 15) is 9.90 Å². The highest BCUT2D eigenvalue weighted by Gasteiger charge is 2.33. The van der Waals surface area contributed by atoms with Gasteiger partial charge < -0.3 is 10.4 Å². The maximum Gasteiger partial charge on any atom is 0.303 e. The highest BCUT2D eigenvalue weighted by atomic mass is 32.2. The number of carboxylic acids is 1. The van der Waals surface area contributed by atoms with Crippen LogP contribution < -0.4 is 5.32 Å². The number of likely N-dealkylation sites (tertiary alicyclic amines) is 1. The molecule has 0 amide bonds. The first kappa shape index (κ1) is 18.9.